The van der Waals surface area contributed by atoms with Gasteiger partial charge < -0.3 is 15.7 Å². The number of carbonyl (C=O) groups is 2. The van der Waals surface area contributed by atoms with Gasteiger partial charge in [0.2, 0.25) is 0 Å². The molecule has 0 aromatic carbocycles. The molecule has 7 heteroatoms. The Morgan fingerprint density at radius 1 is 1.50 bits per heavy atom. The lowest BCUT2D eigenvalue weighted by Gasteiger charge is -2.13. The number of aromatic nitrogens is 1. The number of amides is 2. The fourth-order valence-corrected chi connectivity index (χ4v) is 2.44. The van der Waals surface area contributed by atoms with Crippen LogP contribution in [0.25, 0.3) is 0 Å². The van der Waals surface area contributed by atoms with Crippen LogP contribution in [0.15, 0.2) is 5.38 Å². The summed E-state index contributed by atoms with van der Waals surface area (Å²) in [6.45, 7) is 4.54. The number of carboxylic acid groups (broad SMARTS) is 1. The van der Waals surface area contributed by atoms with Crippen molar-refractivity contribution >= 4 is 23.3 Å². The molecule has 20 heavy (non-hydrogen) atoms. The number of carboxylic acids is 1. The monoisotopic (exact) mass is 299 g/mol. The zero-order valence-electron chi connectivity index (χ0n) is 11.8. The van der Waals surface area contributed by atoms with Crippen LogP contribution in [-0.2, 0) is 6.42 Å². The summed E-state index contributed by atoms with van der Waals surface area (Å²) in [5.74, 6) is -1.03. The second kappa shape index (κ2) is 8.52. The molecule has 0 aliphatic carbocycles. The lowest BCUT2D eigenvalue weighted by molar-refractivity contribution is 0.0691. The minimum Gasteiger partial charge on any atom is -0.476 e. The van der Waals surface area contributed by atoms with E-state index in [-0.39, 0.29) is 17.8 Å². The van der Waals surface area contributed by atoms with Crippen LogP contribution in [-0.4, -0.2) is 34.7 Å². The standard InChI is InChI=1S/C13H21N3O3S/c1-3-4-5-9(2)15-13(19)14-7-6-11-16-10(8-20-11)12(17)18/h8-9H,3-7H2,1-2H3,(H,17,18)(H2,14,15,19). The van der Waals surface area contributed by atoms with Crippen molar-refractivity contribution in [3.8, 4) is 0 Å². The summed E-state index contributed by atoms with van der Waals surface area (Å²) in [4.78, 5) is 26.2. The lowest BCUT2D eigenvalue weighted by Crippen LogP contribution is -2.41. The predicted octanol–water partition coefficient (Wildman–Crippen LogP) is 2.26. The zero-order valence-corrected chi connectivity index (χ0v) is 12.6. The molecule has 112 valence electrons. The Hall–Kier alpha value is -1.63. The van der Waals surface area contributed by atoms with Gasteiger partial charge in [0, 0.05) is 24.4 Å². The zero-order chi connectivity index (χ0) is 15.0. The summed E-state index contributed by atoms with van der Waals surface area (Å²) in [5.41, 5.74) is 0.0580. The maximum atomic E-state index is 11.6. The molecule has 2 amide bonds. The second-order valence-corrected chi connectivity index (χ2v) is 5.57. The molecule has 1 rings (SSSR count). The lowest BCUT2D eigenvalue weighted by atomic mass is 10.1. The van der Waals surface area contributed by atoms with Gasteiger partial charge in [0.25, 0.3) is 0 Å². The summed E-state index contributed by atoms with van der Waals surface area (Å²) in [6.07, 6.45) is 3.72. The van der Waals surface area contributed by atoms with Crippen molar-refractivity contribution in [1.82, 2.24) is 15.6 Å². The van der Waals surface area contributed by atoms with Crippen LogP contribution in [0.5, 0.6) is 0 Å². The number of rotatable bonds is 8. The number of unbranched alkanes of at least 4 members (excludes halogenated alkanes) is 1. The third-order valence-electron chi connectivity index (χ3n) is 2.76. The molecule has 0 aliphatic rings. The number of urea groups is 1. The van der Waals surface area contributed by atoms with E-state index in [9.17, 15) is 9.59 Å². The normalized spacial score (nSPS) is 11.9. The van der Waals surface area contributed by atoms with Crippen LogP contribution in [0, 0.1) is 0 Å². The van der Waals surface area contributed by atoms with Gasteiger partial charge in [0.1, 0.15) is 0 Å². The van der Waals surface area contributed by atoms with Crippen LogP contribution in [0.4, 0.5) is 4.79 Å². The molecule has 1 atom stereocenters. The summed E-state index contributed by atoms with van der Waals surface area (Å²) in [7, 11) is 0. The molecule has 0 aliphatic heterocycles. The number of carbonyl (C=O) groups excluding carboxylic acids is 1. The van der Waals surface area contributed by atoms with Crippen molar-refractivity contribution in [2.45, 2.75) is 45.6 Å². The van der Waals surface area contributed by atoms with E-state index in [1.165, 1.54) is 16.7 Å². The van der Waals surface area contributed by atoms with Crippen molar-refractivity contribution in [3.63, 3.8) is 0 Å². The molecule has 3 N–H and O–H groups in total. The minimum absolute atomic E-state index is 0.0580. The molecule has 1 heterocycles. The van der Waals surface area contributed by atoms with E-state index >= 15 is 0 Å². The van der Waals surface area contributed by atoms with Gasteiger partial charge in [-0.05, 0) is 13.3 Å². The smallest absolute Gasteiger partial charge is 0.355 e. The van der Waals surface area contributed by atoms with E-state index in [0.717, 1.165) is 19.3 Å². The number of thiazole rings is 1. The van der Waals surface area contributed by atoms with Crippen molar-refractivity contribution < 1.29 is 14.7 Å². The SMILES string of the molecule is CCCCC(C)NC(=O)NCCc1nc(C(=O)O)cs1. The second-order valence-electron chi connectivity index (χ2n) is 4.63. The summed E-state index contributed by atoms with van der Waals surface area (Å²) in [6, 6.07) is -0.0305. The largest absolute Gasteiger partial charge is 0.476 e. The quantitative estimate of drug-likeness (QED) is 0.686. The summed E-state index contributed by atoms with van der Waals surface area (Å²) in [5, 5.41) is 16.6. The van der Waals surface area contributed by atoms with Crippen LogP contribution < -0.4 is 10.6 Å². The van der Waals surface area contributed by atoms with Gasteiger partial charge in [0.15, 0.2) is 5.69 Å². The van der Waals surface area contributed by atoms with Crippen molar-refractivity contribution in [3.05, 3.63) is 16.1 Å². The Kier molecular flexibility index (Phi) is 7.00. The number of hydrogen-bond donors (Lipinski definition) is 3. The predicted molar refractivity (Wildman–Crippen MR) is 78.3 cm³/mol. The highest BCUT2D eigenvalue weighted by Gasteiger charge is 2.09. The van der Waals surface area contributed by atoms with Gasteiger partial charge in [-0.2, -0.15) is 0 Å². The van der Waals surface area contributed by atoms with E-state index in [1.54, 1.807) is 0 Å². The first-order chi connectivity index (χ1) is 9.52. The van der Waals surface area contributed by atoms with Crippen LogP contribution in [0.1, 0.15) is 48.6 Å². The third-order valence-corrected chi connectivity index (χ3v) is 3.67. The number of aromatic carboxylic acids is 1. The molecule has 0 spiro atoms. The first kappa shape index (κ1) is 16.4. The highest BCUT2D eigenvalue weighted by atomic mass is 32.1. The highest BCUT2D eigenvalue weighted by Crippen LogP contribution is 2.09. The molecule has 1 aromatic heterocycles. The Labute approximate surface area is 122 Å². The van der Waals surface area contributed by atoms with Gasteiger partial charge in [-0.25, -0.2) is 14.6 Å². The fraction of sp³-hybridized carbons (Fsp3) is 0.615. The molecule has 0 bridgehead atoms. The van der Waals surface area contributed by atoms with E-state index < -0.39 is 5.97 Å². The van der Waals surface area contributed by atoms with Gasteiger partial charge in [0.05, 0.1) is 5.01 Å². The molecule has 0 saturated heterocycles. The van der Waals surface area contributed by atoms with E-state index in [2.05, 4.69) is 22.5 Å². The summed E-state index contributed by atoms with van der Waals surface area (Å²) < 4.78 is 0. The van der Waals surface area contributed by atoms with E-state index in [1.807, 2.05) is 6.92 Å². The molecule has 0 fully saturated rings. The molecule has 6 nitrogen and oxygen atoms in total. The Bertz CT molecular complexity index is 448. The molecule has 1 unspecified atom stereocenters. The van der Waals surface area contributed by atoms with Gasteiger partial charge >= 0.3 is 12.0 Å². The van der Waals surface area contributed by atoms with Crippen molar-refractivity contribution in [1.29, 1.82) is 0 Å². The number of nitrogens with zero attached hydrogens (tertiary/aromatic N) is 1. The van der Waals surface area contributed by atoms with Crippen LogP contribution >= 0.6 is 11.3 Å². The van der Waals surface area contributed by atoms with Gasteiger partial charge in [-0.1, -0.05) is 19.8 Å². The molecule has 0 radical (unpaired) electrons. The third kappa shape index (κ3) is 6.01. The maximum Gasteiger partial charge on any atom is 0.355 e. The fourth-order valence-electron chi connectivity index (χ4n) is 1.66. The Balaban J connectivity index is 2.22. The minimum atomic E-state index is -1.03. The van der Waals surface area contributed by atoms with Crippen LogP contribution in [0.3, 0.4) is 0 Å². The van der Waals surface area contributed by atoms with E-state index in [0.29, 0.717) is 18.0 Å². The molecule has 0 saturated carbocycles. The Morgan fingerprint density at radius 2 is 2.25 bits per heavy atom. The first-order valence-electron chi connectivity index (χ1n) is 6.75. The van der Waals surface area contributed by atoms with Crippen LogP contribution in [0.2, 0.25) is 0 Å². The number of nitrogens with one attached hydrogen (secondary N) is 2. The van der Waals surface area contributed by atoms with Gasteiger partial charge in [-0.3, -0.25) is 0 Å². The average Bonchev–Trinajstić information content (AvgIpc) is 2.85. The molecule has 1 aromatic rings. The van der Waals surface area contributed by atoms with Crippen molar-refractivity contribution in [2.75, 3.05) is 6.54 Å². The van der Waals surface area contributed by atoms with E-state index in [4.69, 9.17) is 5.11 Å². The highest BCUT2D eigenvalue weighted by molar-refractivity contribution is 7.09. The summed E-state index contributed by atoms with van der Waals surface area (Å²) >= 11 is 1.29. The van der Waals surface area contributed by atoms with Gasteiger partial charge in [-0.15, -0.1) is 11.3 Å². The topological polar surface area (TPSA) is 91.3 Å². The maximum absolute atomic E-state index is 11.6. The Morgan fingerprint density at radius 3 is 2.85 bits per heavy atom. The number of hydrogen-bond acceptors (Lipinski definition) is 4. The van der Waals surface area contributed by atoms with Crippen molar-refractivity contribution in [2.24, 2.45) is 0 Å². The molecular formula is C13H21N3O3S. The first-order valence-corrected chi connectivity index (χ1v) is 7.63. The average molecular weight is 299 g/mol. The molecular weight excluding hydrogens is 278 g/mol.